The van der Waals surface area contributed by atoms with Crippen LogP contribution in [0.5, 0.6) is 5.75 Å². The monoisotopic (exact) mass is 330 g/mol. The van der Waals surface area contributed by atoms with E-state index >= 15 is 0 Å². The number of amides is 1. The fraction of sp³-hybridized carbons (Fsp3) is 0.316. The lowest BCUT2D eigenvalue weighted by Gasteiger charge is -2.24. The third-order valence-electron chi connectivity index (χ3n) is 4.00. The predicted octanol–water partition coefficient (Wildman–Crippen LogP) is 2.97. The Hall–Kier alpha value is -2.40. The molecular weight excluding hydrogens is 307 g/mol. The lowest BCUT2D eigenvalue weighted by Crippen LogP contribution is -2.42. The molecule has 0 heterocycles. The molecule has 0 radical (unpaired) electrons. The van der Waals surface area contributed by atoms with E-state index in [0.717, 1.165) is 11.1 Å². The molecule has 1 unspecified atom stereocenters. The Morgan fingerprint density at radius 1 is 1.21 bits per heavy atom. The Labute approximate surface area is 142 Å². The van der Waals surface area contributed by atoms with Crippen molar-refractivity contribution in [3.05, 3.63) is 65.5 Å². The van der Waals surface area contributed by atoms with E-state index in [1.165, 1.54) is 13.2 Å². The van der Waals surface area contributed by atoms with Gasteiger partial charge in [0.2, 0.25) is 5.91 Å². The minimum atomic E-state index is -0.399. The van der Waals surface area contributed by atoms with Crippen molar-refractivity contribution in [2.24, 2.45) is 0 Å². The topological polar surface area (TPSA) is 41.6 Å². The number of methoxy groups -OCH3 is 1. The average molecular weight is 330 g/mol. The standard InChI is InChI=1S/C19H23FN2O2/c1-14(19(23)21-12-15-7-5-4-6-8-15)22(2)13-16-9-10-18(24-3)17(20)11-16/h4-11,14H,12-13H2,1-3H3,(H,21,23). The SMILES string of the molecule is COc1ccc(CN(C)C(C)C(=O)NCc2ccccc2)cc1F. The van der Waals surface area contributed by atoms with Gasteiger partial charge in [-0.1, -0.05) is 36.4 Å². The first-order valence-corrected chi connectivity index (χ1v) is 7.85. The van der Waals surface area contributed by atoms with Gasteiger partial charge in [-0.3, -0.25) is 9.69 Å². The van der Waals surface area contributed by atoms with Crippen molar-refractivity contribution in [3.8, 4) is 5.75 Å². The summed E-state index contributed by atoms with van der Waals surface area (Å²) in [5.41, 5.74) is 1.84. The highest BCUT2D eigenvalue weighted by atomic mass is 19.1. The minimum absolute atomic E-state index is 0.0599. The molecule has 0 aliphatic heterocycles. The highest BCUT2D eigenvalue weighted by Crippen LogP contribution is 2.18. The van der Waals surface area contributed by atoms with Crippen LogP contribution in [0.3, 0.4) is 0 Å². The van der Waals surface area contributed by atoms with Gasteiger partial charge in [-0.05, 0) is 37.2 Å². The maximum absolute atomic E-state index is 13.7. The second kappa shape index (κ2) is 8.45. The molecule has 0 spiro atoms. The van der Waals surface area contributed by atoms with Gasteiger partial charge in [0.05, 0.1) is 13.2 Å². The highest BCUT2D eigenvalue weighted by Gasteiger charge is 2.18. The van der Waals surface area contributed by atoms with E-state index < -0.39 is 5.82 Å². The largest absolute Gasteiger partial charge is 0.494 e. The summed E-state index contributed by atoms with van der Waals surface area (Å²) < 4.78 is 18.7. The van der Waals surface area contributed by atoms with Crippen LogP contribution < -0.4 is 10.1 Å². The number of hydrogen-bond acceptors (Lipinski definition) is 3. The van der Waals surface area contributed by atoms with Crippen LogP contribution in [-0.2, 0) is 17.9 Å². The number of rotatable bonds is 7. The summed E-state index contributed by atoms with van der Waals surface area (Å²) in [6.07, 6.45) is 0. The lowest BCUT2D eigenvalue weighted by atomic mass is 10.1. The van der Waals surface area contributed by atoms with Crippen molar-refractivity contribution in [2.45, 2.75) is 26.1 Å². The van der Waals surface area contributed by atoms with E-state index in [0.29, 0.717) is 13.1 Å². The molecule has 2 rings (SSSR count). The maximum atomic E-state index is 13.7. The van der Waals surface area contributed by atoms with E-state index in [2.05, 4.69) is 5.32 Å². The van der Waals surface area contributed by atoms with Gasteiger partial charge in [0.25, 0.3) is 0 Å². The number of carbonyl (C=O) groups is 1. The van der Waals surface area contributed by atoms with Gasteiger partial charge in [0.15, 0.2) is 11.6 Å². The summed E-state index contributed by atoms with van der Waals surface area (Å²) in [5, 5.41) is 2.92. The Morgan fingerprint density at radius 2 is 1.92 bits per heavy atom. The van der Waals surface area contributed by atoms with Crippen molar-refractivity contribution in [1.82, 2.24) is 10.2 Å². The van der Waals surface area contributed by atoms with E-state index in [4.69, 9.17) is 4.74 Å². The molecule has 2 aromatic rings. The molecule has 0 fully saturated rings. The summed E-state index contributed by atoms with van der Waals surface area (Å²) in [6, 6.07) is 14.3. The molecular formula is C19H23FN2O2. The number of nitrogens with one attached hydrogen (secondary N) is 1. The van der Waals surface area contributed by atoms with Crippen molar-refractivity contribution in [1.29, 1.82) is 0 Å². The Balaban J connectivity index is 1.90. The summed E-state index contributed by atoms with van der Waals surface area (Å²) in [4.78, 5) is 14.1. The number of likely N-dealkylation sites (N-methyl/N-ethyl adjacent to an activating group) is 1. The fourth-order valence-electron chi connectivity index (χ4n) is 2.37. The number of ether oxygens (including phenoxy) is 1. The zero-order valence-corrected chi connectivity index (χ0v) is 14.3. The quantitative estimate of drug-likeness (QED) is 0.849. The fourth-order valence-corrected chi connectivity index (χ4v) is 2.37. The molecule has 1 N–H and O–H groups in total. The average Bonchev–Trinajstić information content (AvgIpc) is 2.60. The first-order chi connectivity index (χ1) is 11.5. The lowest BCUT2D eigenvalue weighted by molar-refractivity contribution is -0.125. The van der Waals surface area contributed by atoms with Crippen molar-refractivity contribution >= 4 is 5.91 Å². The molecule has 0 aliphatic rings. The van der Waals surface area contributed by atoms with Gasteiger partial charge in [-0.15, -0.1) is 0 Å². The van der Waals surface area contributed by atoms with Crippen LogP contribution in [0.4, 0.5) is 4.39 Å². The minimum Gasteiger partial charge on any atom is -0.494 e. The molecule has 128 valence electrons. The van der Waals surface area contributed by atoms with Gasteiger partial charge in [0, 0.05) is 13.1 Å². The zero-order valence-electron chi connectivity index (χ0n) is 14.3. The number of benzene rings is 2. The molecule has 24 heavy (non-hydrogen) atoms. The van der Waals surface area contributed by atoms with Gasteiger partial charge in [-0.2, -0.15) is 0 Å². The number of nitrogens with zero attached hydrogens (tertiary/aromatic N) is 1. The van der Waals surface area contributed by atoms with Crippen LogP contribution in [0.15, 0.2) is 48.5 Å². The highest BCUT2D eigenvalue weighted by molar-refractivity contribution is 5.81. The van der Waals surface area contributed by atoms with Crippen molar-refractivity contribution in [3.63, 3.8) is 0 Å². The van der Waals surface area contributed by atoms with Crippen molar-refractivity contribution in [2.75, 3.05) is 14.2 Å². The Bertz CT molecular complexity index is 676. The Morgan fingerprint density at radius 3 is 2.54 bits per heavy atom. The smallest absolute Gasteiger partial charge is 0.237 e. The van der Waals surface area contributed by atoms with Crippen LogP contribution in [0, 0.1) is 5.82 Å². The molecule has 0 saturated heterocycles. The van der Waals surface area contributed by atoms with E-state index in [-0.39, 0.29) is 17.7 Å². The summed E-state index contributed by atoms with van der Waals surface area (Å²) in [5.74, 6) is -0.241. The molecule has 4 nitrogen and oxygen atoms in total. The number of carbonyl (C=O) groups excluding carboxylic acids is 1. The molecule has 2 aromatic carbocycles. The summed E-state index contributed by atoms with van der Waals surface area (Å²) in [7, 11) is 3.28. The molecule has 0 bridgehead atoms. The normalized spacial score (nSPS) is 12.0. The van der Waals surface area contributed by atoms with Gasteiger partial charge >= 0.3 is 0 Å². The number of halogens is 1. The Kier molecular flexibility index (Phi) is 6.32. The first kappa shape index (κ1) is 17.9. The molecule has 5 heteroatoms. The van der Waals surface area contributed by atoms with Crippen LogP contribution in [0.2, 0.25) is 0 Å². The molecule has 1 atom stereocenters. The molecule has 0 saturated carbocycles. The van der Waals surface area contributed by atoms with E-state index in [1.54, 1.807) is 12.1 Å². The maximum Gasteiger partial charge on any atom is 0.237 e. The summed E-state index contributed by atoms with van der Waals surface area (Å²) >= 11 is 0. The predicted molar refractivity (Wildman–Crippen MR) is 92.2 cm³/mol. The first-order valence-electron chi connectivity index (χ1n) is 7.85. The van der Waals surface area contributed by atoms with Crippen LogP contribution in [-0.4, -0.2) is 31.0 Å². The van der Waals surface area contributed by atoms with E-state index in [1.807, 2.05) is 49.2 Å². The zero-order chi connectivity index (χ0) is 17.5. The van der Waals surface area contributed by atoms with Crippen LogP contribution >= 0.6 is 0 Å². The molecule has 1 amide bonds. The second-order valence-electron chi connectivity index (χ2n) is 5.76. The van der Waals surface area contributed by atoms with Crippen LogP contribution in [0.1, 0.15) is 18.1 Å². The molecule has 0 aliphatic carbocycles. The number of hydrogen-bond donors (Lipinski definition) is 1. The second-order valence-corrected chi connectivity index (χ2v) is 5.76. The third kappa shape index (κ3) is 4.80. The summed E-state index contributed by atoms with van der Waals surface area (Å²) in [6.45, 7) is 2.80. The van der Waals surface area contributed by atoms with Crippen LogP contribution in [0.25, 0.3) is 0 Å². The molecule has 0 aromatic heterocycles. The van der Waals surface area contributed by atoms with Gasteiger partial charge in [0.1, 0.15) is 0 Å². The van der Waals surface area contributed by atoms with Crippen molar-refractivity contribution < 1.29 is 13.9 Å². The third-order valence-corrected chi connectivity index (χ3v) is 4.00. The van der Waals surface area contributed by atoms with E-state index in [9.17, 15) is 9.18 Å². The van der Waals surface area contributed by atoms with Gasteiger partial charge < -0.3 is 10.1 Å². The van der Waals surface area contributed by atoms with Gasteiger partial charge in [-0.25, -0.2) is 4.39 Å².